The van der Waals surface area contributed by atoms with E-state index in [9.17, 15) is 22.8 Å². The smallest absolute Gasteiger partial charge is 0.416 e. The lowest BCUT2D eigenvalue weighted by Gasteiger charge is -2.09. The highest BCUT2D eigenvalue weighted by Gasteiger charge is 2.29. The summed E-state index contributed by atoms with van der Waals surface area (Å²) in [6.07, 6.45) is -3.78. The molecule has 7 heteroatoms. The van der Waals surface area contributed by atoms with Gasteiger partial charge in [-0.2, -0.15) is 13.2 Å². The number of nitrogens with one attached hydrogen (secondary N) is 1. The quantitative estimate of drug-likeness (QED) is 0.571. The summed E-state index contributed by atoms with van der Waals surface area (Å²) in [5.41, 5.74) is 0.136. The molecule has 0 fully saturated rings. The summed E-state index contributed by atoms with van der Waals surface area (Å²) in [5.74, 6) is 0.259. The fraction of sp³-hybridized carbons (Fsp3) is 0.263. The van der Waals surface area contributed by atoms with Crippen molar-refractivity contribution in [2.24, 2.45) is 0 Å². The van der Waals surface area contributed by atoms with E-state index in [4.69, 9.17) is 4.74 Å². The predicted molar refractivity (Wildman–Crippen MR) is 91.2 cm³/mol. The fourth-order valence-electron chi connectivity index (χ4n) is 2.17. The molecule has 0 heterocycles. The van der Waals surface area contributed by atoms with Gasteiger partial charge in [0.2, 0.25) is 5.91 Å². The molecule has 4 nitrogen and oxygen atoms in total. The molecule has 0 radical (unpaired) electrons. The maximum atomic E-state index is 12.5. The van der Waals surface area contributed by atoms with Gasteiger partial charge in [0.05, 0.1) is 12.2 Å². The van der Waals surface area contributed by atoms with Crippen molar-refractivity contribution < 1.29 is 27.5 Å². The predicted octanol–water partition coefficient (Wildman–Crippen LogP) is 4.71. The molecule has 0 aromatic heterocycles. The molecule has 138 valence electrons. The second-order valence-corrected chi connectivity index (χ2v) is 5.66. The zero-order valence-corrected chi connectivity index (χ0v) is 14.1. The molecule has 0 spiro atoms. The first kappa shape index (κ1) is 19.5. The van der Waals surface area contributed by atoms with Gasteiger partial charge in [0, 0.05) is 17.7 Å². The van der Waals surface area contributed by atoms with Crippen molar-refractivity contribution in [3.63, 3.8) is 0 Å². The standard InChI is InChI=1S/C19H18F3NO3/c1-13(24)14-4-10-17(11-5-14)26-12-2-3-18(25)23-16-8-6-15(7-9-16)19(20,21)22/h4-11H,2-3,12H2,1H3,(H,23,25). The molecule has 0 saturated carbocycles. The van der Waals surface area contributed by atoms with Crippen LogP contribution in [0.1, 0.15) is 35.7 Å². The Kier molecular flexibility index (Phi) is 6.38. The van der Waals surface area contributed by atoms with E-state index < -0.39 is 11.7 Å². The van der Waals surface area contributed by atoms with Crippen molar-refractivity contribution in [1.29, 1.82) is 0 Å². The molecule has 2 aromatic carbocycles. The Labute approximate surface area is 149 Å². The number of benzene rings is 2. The summed E-state index contributed by atoms with van der Waals surface area (Å²) < 4.78 is 42.9. The molecule has 2 rings (SSSR count). The minimum atomic E-state index is -4.40. The normalized spacial score (nSPS) is 11.1. The monoisotopic (exact) mass is 365 g/mol. The molecule has 0 unspecified atom stereocenters. The molecular formula is C19H18F3NO3. The summed E-state index contributed by atoms with van der Waals surface area (Å²) in [5, 5.41) is 2.54. The van der Waals surface area contributed by atoms with Crippen molar-refractivity contribution in [2.45, 2.75) is 25.9 Å². The number of carbonyl (C=O) groups excluding carboxylic acids is 2. The Balaban J connectivity index is 1.72. The van der Waals surface area contributed by atoms with E-state index in [-0.39, 0.29) is 18.1 Å². The number of Topliss-reactive ketones (excluding diaryl/α,β-unsaturated/α-hetero) is 1. The van der Waals surface area contributed by atoms with E-state index in [1.807, 2.05) is 0 Å². The molecule has 26 heavy (non-hydrogen) atoms. The van der Waals surface area contributed by atoms with Crippen LogP contribution < -0.4 is 10.1 Å². The second-order valence-electron chi connectivity index (χ2n) is 5.66. The Morgan fingerprint density at radius 2 is 1.62 bits per heavy atom. The van der Waals surface area contributed by atoms with Gasteiger partial charge in [-0.05, 0) is 61.9 Å². The molecular weight excluding hydrogens is 347 g/mol. The molecule has 1 amide bonds. The molecule has 0 bridgehead atoms. The van der Waals surface area contributed by atoms with E-state index in [2.05, 4.69) is 5.32 Å². The van der Waals surface area contributed by atoms with Gasteiger partial charge in [0.25, 0.3) is 0 Å². The summed E-state index contributed by atoms with van der Waals surface area (Å²) in [6.45, 7) is 1.78. The maximum absolute atomic E-state index is 12.5. The average Bonchev–Trinajstić information content (AvgIpc) is 2.59. The lowest BCUT2D eigenvalue weighted by atomic mass is 10.1. The zero-order chi connectivity index (χ0) is 19.2. The third-order valence-corrected chi connectivity index (χ3v) is 3.57. The largest absolute Gasteiger partial charge is 0.494 e. The van der Waals surface area contributed by atoms with Gasteiger partial charge in [0.1, 0.15) is 5.75 Å². The van der Waals surface area contributed by atoms with Crippen LogP contribution in [0.4, 0.5) is 18.9 Å². The number of ether oxygens (including phenoxy) is 1. The number of carbonyl (C=O) groups is 2. The first-order valence-corrected chi connectivity index (χ1v) is 7.96. The molecule has 1 N–H and O–H groups in total. The highest BCUT2D eigenvalue weighted by Crippen LogP contribution is 2.29. The number of hydrogen-bond donors (Lipinski definition) is 1. The number of amides is 1. The van der Waals surface area contributed by atoms with Gasteiger partial charge in [0.15, 0.2) is 5.78 Å². The lowest BCUT2D eigenvalue weighted by molar-refractivity contribution is -0.137. The lowest BCUT2D eigenvalue weighted by Crippen LogP contribution is -2.13. The molecule has 0 saturated heterocycles. The summed E-state index contributed by atoms with van der Waals surface area (Å²) in [4.78, 5) is 23.0. The van der Waals surface area contributed by atoms with Crippen LogP contribution in [0, 0.1) is 0 Å². The third-order valence-electron chi connectivity index (χ3n) is 3.57. The minimum Gasteiger partial charge on any atom is -0.494 e. The minimum absolute atomic E-state index is 0.0310. The van der Waals surface area contributed by atoms with Crippen molar-refractivity contribution in [2.75, 3.05) is 11.9 Å². The van der Waals surface area contributed by atoms with Crippen LogP contribution in [0.3, 0.4) is 0 Å². The van der Waals surface area contributed by atoms with Crippen molar-refractivity contribution >= 4 is 17.4 Å². The van der Waals surface area contributed by atoms with Crippen LogP contribution in [0.25, 0.3) is 0 Å². The summed E-state index contributed by atoms with van der Waals surface area (Å²) in [7, 11) is 0. The molecule has 0 aliphatic rings. The first-order chi connectivity index (χ1) is 12.3. The highest BCUT2D eigenvalue weighted by atomic mass is 19.4. The van der Waals surface area contributed by atoms with Gasteiger partial charge < -0.3 is 10.1 Å². The molecule has 0 aliphatic heterocycles. The Hall–Kier alpha value is -2.83. The number of hydrogen-bond acceptors (Lipinski definition) is 3. The van der Waals surface area contributed by atoms with E-state index in [0.717, 1.165) is 12.1 Å². The van der Waals surface area contributed by atoms with E-state index in [1.165, 1.54) is 19.1 Å². The maximum Gasteiger partial charge on any atom is 0.416 e. The van der Waals surface area contributed by atoms with E-state index in [1.54, 1.807) is 24.3 Å². The van der Waals surface area contributed by atoms with Gasteiger partial charge in [-0.25, -0.2) is 0 Å². The van der Waals surface area contributed by atoms with Gasteiger partial charge in [-0.3, -0.25) is 9.59 Å². The zero-order valence-electron chi connectivity index (χ0n) is 14.1. The highest BCUT2D eigenvalue weighted by molar-refractivity contribution is 5.94. The van der Waals surface area contributed by atoms with Gasteiger partial charge in [-0.15, -0.1) is 0 Å². The van der Waals surface area contributed by atoms with Gasteiger partial charge >= 0.3 is 6.18 Å². The first-order valence-electron chi connectivity index (χ1n) is 7.96. The number of anilines is 1. The van der Waals surface area contributed by atoms with Crippen molar-refractivity contribution in [1.82, 2.24) is 0 Å². The van der Waals surface area contributed by atoms with Crippen LogP contribution in [0.5, 0.6) is 5.75 Å². The topological polar surface area (TPSA) is 55.4 Å². The number of alkyl halides is 3. The molecule has 0 atom stereocenters. The van der Waals surface area contributed by atoms with Crippen molar-refractivity contribution in [3.05, 3.63) is 59.7 Å². The molecule has 0 aliphatic carbocycles. The van der Waals surface area contributed by atoms with Crippen LogP contribution in [0.2, 0.25) is 0 Å². The average molecular weight is 365 g/mol. The van der Waals surface area contributed by atoms with Crippen LogP contribution >= 0.6 is 0 Å². The number of ketones is 1. The van der Waals surface area contributed by atoms with Crippen LogP contribution in [0.15, 0.2) is 48.5 Å². The summed E-state index contributed by atoms with van der Waals surface area (Å²) in [6, 6.07) is 11.0. The van der Waals surface area contributed by atoms with Crippen molar-refractivity contribution in [3.8, 4) is 5.75 Å². The fourth-order valence-corrected chi connectivity index (χ4v) is 2.17. The second kappa shape index (κ2) is 8.51. The van der Waals surface area contributed by atoms with Crippen LogP contribution in [-0.2, 0) is 11.0 Å². The SMILES string of the molecule is CC(=O)c1ccc(OCCCC(=O)Nc2ccc(C(F)(F)F)cc2)cc1. The van der Waals surface area contributed by atoms with E-state index >= 15 is 0 Å². The number of halogens is 3. The van der Waals surface area contributed by atoms with E-state index in [0.29, 0.717) is 30.0 Å². The Morgan fingerprint density at radius 3 is 2.15 bits per heavy atom. The van der Waals surface area contributed by atoms with Gasteiger partial charge in [-0.1, -0.05) is 0 Å². The Morgan fingerprint density at radius 1 is 1.00 bits per heavy atom. The summed E-state index contributed by atoms with van der Waals surface area (Å²) >= 11 is 0. The molecule has 2 aromatic rings. The Bertz CT molecular complexity index is 753. The number of rotatable bonds is 7. The van der Waals surface area contributed by atoms with Crippen LogP contribution in [-0.4, -0.2) is 18.3 Å². The third kappa shape index (κ3) is 5.91.